The van der Waals surface area contributed by atoms with Crippen LogP contribution >= 0.6 is 7.82 Å². The lowest BCUT2D eigenvalue weighted by Gasteiger charge is -2.22. The van der Waals surface area contributed by atoms with Crippen molar-refractivity contribution in [3.63, 3.8) is 0 Å². The summed E-state index contributed by atoms with van der Waals surface area (Å²) in [5, 5.41) is 0.946. The lowest BCUT2D eigenvalue weighted by atomic mass is 10.1. The van der Waals surface area contributed by atoms with Crippen LogP contribution in [0.4, 0.5) is 0 Å². The molecule has 2 aliphatic heterocycles. The lowest BCUT2D eigenvalue weighted by Crippen LogP contribution is -2.19. The molecular formula is C42H47N4O9P. The third-order valence-corrected chi connectivity index (χ3v) is 10.3. The van der Waals surface area contributed by atoms with E-state index < -0.39 is 33.3 Å². The third-order valence-electron chi connectivity index (χ3n) is 9.01. The molecule has 0 bridgehead atoms. The molecule has 4 aromatic rings. The number of rotatable bonds is 19. The van der Waals surface area contributed by atoms with Crippen molar-refractivity contribution >= 4 is 30.7 Å². The molecule has 6 rings (SSSR count). The highest BCUT2D eigenvalue weighted by molar-refractivity contribution is 7.48. The summed E-state index contributed by atoms with van der Waals surface area (Å²) in [6.07, 6.45) is 14.3. The molecule has 3 aromatic carbocycles. The van der Waals surface area contributed by atoms with Crippen molar-refractivity contribution in [2.75, 3.05) is 41.3 Å². The number of phosphoric acid groups is 1. The molecule has 0 fully saturated rings. The first-order valence-electron chi connectivity index (χ1n) is 18.2. The van der Waals surface area contributed by atoms with Crippen molar-refractivity contribution < 1.29 is 41.9 Å². The van der Waals surface area contributed by atoms with Crippen LogP contribution in [-0.4, -0.2) is 72.5 Å². The fourth-order valence-corrected chi connectivity index (χ4v) is 6.98. The van der Waals surface area contributed by atoms with E-state index in [1.165, 1.54) is 0 Å². The molecule has 0 atom stereocenters. The second-order valence-electron chi connectivity index (χ2n) is 13.4. The van der Waals surface area contributed by atoms with Crippen molar-refractivity contribution in [3.05, 3.63) is 150 Å². The summed E-state index contributed by atoms with van der Waals surface area (Å²) in [7, 11) is 1.10. The third kappa shape index (κ3) is 11.3. The van der Waals surface area contributed by atoms with E-state index in [1.54, 1.807) is 24.1 Å². The molecule has 14 heteroatoms. The summed E-state index contributed by atoms with van der Waals surface area (Å²) in [6.45, 7) is 0.189. The van der Waals surface area contributed by atoms with Crippen molar-refractivity contribution in [1.29, 1.82) is 0 Å². The van der Waals surface area contributed by atoms with Gasteiger partial charge in [0.15, 0.2) is 0 Å². The van der Waals surface area contributed by atoms with Crippen LogP contribution in [0, 0.1) is 0 Å². The molecule has 56 heavy (non-hydrogen) atoms. The molecule has 0 spiro atoms. The Morgan fingerprint density at radius 3 is 1.82 bits per heavy atom. The molecular weight excluding hydrogens is 735 g/mol. The SMILES string of the molecule is COc1ccc2c(c1)c(CCN(C)C)cn2COP(=O)(OCOC(=O)C1=CN(Cc2ccccc2)C=CC1)OCOC(=O)C1=CN(Cc2ccccc2)C=CC1. The van der Waals surface area contributed by atoms with Gasteiger partial charge < -0.3 is 33.5 Å². The Bertz CT molecular complexity index is 2030. The topological polar surface area (TPSA) is 121 Å². The van der Waals surface area contributed by atoms with Gasteiger partial charge in [0.1, 0.15) is 12.5 Å². The van der Waals surface area contributed by atoms with Crippen LogP contribution in [0.15, 0.2) is 133 Å². The van der Waals surface area contributed by atoms with Gasteiger partial charge in [0, 0.05) is 68.9 Å². The van der Waals surface area contributed by atoms with E-state index in [0.717, 1.165) is 40.6 Å². The first-order chi connectivity index (χ1) is 27.2. The average Bonchev–Trinajstić information content (AvgIpc) is 3.56. The van der Waals surface area contributed by atoms with Crippen LogP contribution in [0.3, 0.4) is 0 Å². The maximum atomic E-state index is 14.1. The summed E-state index contributed by atoms with van der Waals surface area (Å²) in [5.74, 6) is -0.612. The van der Waals surface area contributed by atoms with Gasteiger partial charge in [0.05, 0.1) is 23.8 Å². The number of ether oxygens (including phenoxy) is 3. The zero-order chi connectivity index (χ0) is 39.3. The number of hydrogen-bond donors (Lipinski definition) is 0. The summed E-state index contributed by atoms with van der Waals surface area (Å²) >= 11 is 0. The van der Waals surface area contributed by atoms with E-state index in [4.69, 9.17) is 27.8 Å². The van der Waals surface area contributed by atoms with Gasteiger partial charge in [0.2, 0.25) is 13.6 Å². The van der Waals surface area contributed by atoms with Gasteiger partial charge >= 0.3 is 19.8 Å². The summed E-state index contributed by atoms with van der Waals surface area (Å²) in [4.78, 5) is 32.0. The Morgan fingerprint density at radius 1 is 0.750 bits per heavy atom. The second kappa shape index (κ2) is 19.4. The summed E-state index contributed by atoms with van der Waals surface area (Å²) in [5.41, 5.74) is 4.74. The molecule has 0 saturated heterocycles. The predicted octanol–water partition coefficient (Wildman–Crippen LogP) is 7.48. The quantitative estimate of drug-likeness (QED) is 0.0533. The average molecular weight is 783 g/mol. The number of phosphoric ester groups is 1. The normalized spacial score (nSPS) is 14.2. The summed E-state index contributed by atoms with van der Waals surface area (Å²) in [6, 6.07) is 25.3. The van der Waals surface area contributed by atoms with E-state index in [1.807, 2.05) is 134 Å². The van der Waals surface area contributed by atoms with E-state index in [0.29, 0.717) is 42.8 Å². The van der Waals surface area contributed by atoms with Gasteiger partial charge in [-0.2, -0.15) is 0 Å². The van der Waals surface area contributed by atoms with Crippen molar-refractivity contribution in [1.82, 2.24) is 19.3 Å². The molecule has 0 unspecified atom stereocenters. The highest BCUT2D eigenvalue weighted by Gasteiger charge is 2.30. The molecule has 2 aliphatic rings. The predicted molar refractivity (Wildman–Crippen MR) is 211 cm³/mol. The minimum atomic E-state index is -4.50. The number of likely N-dealkylation sites (N-methyl/N-ethyl adjacent to an activating group) is 1. The van der Waals surface area contributed by atoms with Crippen molar-refractivity contribution in [3.8, 4) is 5.75 Å². The van der Waals surface area contributed by atoms with Crippen LogP contribution < -0.4 is 4.74 Å². The minimum Gasteiger partial charge on any atom is -0.497 e. The van der Waals surface area contributed by atoms with Crippen LogP contribution in [-0.2, 0) is 63.4 Å². The van der Waals surface area contributed by atoms with Gasteiger partial charge in [-0.05, 0) is 55.4 Å². The van der Waals surface area contributed by atoms with Gasteiger partial charge in [-0.15, -0.1) is 0 Å². The molecule has 294 valence electrons. The molecule has 13 nitrogen and oxygen atoms in total. The Labute approximate surface area is 327 Å². The number of esters is 2. The number of nitrogens with zero attached hydrogens (tertiary/aromatic N) is 4. The standard InChI is InChI=1S/C42H47N4O9P/c1-43(2)23-20-35-29-46(40-19-18-38(50-3)24-39(35)40)30-53-56(49,54-31-51-41(47)36-16-10-21-44(27-36)25-33-12-6-4-7-13-33)55-32-52-42(48)37-17-11-22-45(28-37)26-34-14-8-5-9-15-34/h4-15,18-19,21-22,24,27-29H,16-17,20,23,25-26,30-32H2,1-3H3. The molecule has 0 aliphatic carbocycles. The number of carbonyl (C=O) groups excluding carboxylic acids is 2. The molecule has 0 saturated carbocycles. The second-order valence-corrected chi connectivity index (χ2v) is 15.1. The zero-order valence-corrected chi connectivity index (χ0v) is 32.7. The van der Waals surface area contributed by atoms with Gasteiger partial charge in [0.25, 0.3) is 0 Å². The molecule has 1 aromatic heterocycles. The largest absolute Gasteiger partial charge is 0.497 e. The zero-order valence-electron chi connectivity index (χ0n) is 31.8. The molecule has 0 N–H and O–H groups in total. The highest BCUT2D eigenvalue weighted by Crippen LogP contribution is 2.50. The maximum Gasteiger partial charge on any atom is 0.482 e. The summed E-state index contributed by atoms with van der Waals surface area (Å²) < 4.78 is 49.0. The first kappa shape index (κ1) is 40.2. The van der Waals surface area contributed by atoms with E-state index in [-0.39, 0.29) is 6.73 Å². The number of methoxy groups -OCH3 is 1. The van der Waals surface area contributed by atoms with Gasteiger partial charge in [-0.1, -0.05) is 72.8 Å². The number of hydrogen-bond acceptors (Lipinski definition) is 12. The fourth-order valence-electron chi connectivity index (χ4n) is 6.13. The number of allylic oxidation sites excluding steroid dienone is 2. The van der Waals surface area contributed by atoms with E-state index in [2.05, 4.69) is 4.90 Å². The van der Waals surface area contributed by atoms with Crippen LogP contribution in [0.2, 0.25) is 0 Å². The van der Waals surface area contributed by atoms with Gasteiger partial charge in [-0.3, -0.25) is 4.52 Å². The number of fused-ring (bicyclic) bond motifs is 1. The lowest BCUT2D eigenvalue weighted by molar-refractivity contribution is -0.149. The Hall–Kier alpha value is -5.43. The Kier molecular flexibility index (Phi) is 14.0. The van der Waals surface area contributed by atoms with Crippen LogP contribution in [0.25, 0.3) is 10.9 Å². The Morgan fingerprint density at radius 2 is 1.30 bits per heavy atom. The van der Waals surface area contributed by atoms with Crippen molar-refractivity contribution in [2.45, 2.75) is 39.1 Å². The highest BCUT2D eigenvalue weighted by atomic mass is 31.2. The van der Waals surface area contributed by atoms with Gasteiger partial charge in [-0.25, -0.2) is 23.2 Å². The number of aromatic nitrogens is 1. The fraction of sp³-hybridized carbons (Fsp3) is 0.286. The molecule has 0 amide bonds. The van der Waals surface area contributed by atoms with E-state index in [9.17, 15) is 14.2 Å². The maximum absolute atomic E-state index is 14.1. The van der Waals surface area contributed by atoms with Crippen LogP contribution in [0.5, 0.6) is 5.75 Å². The number of carbonyl (C=O) groups is 2. The smallest absolute Gasteiger partial charge is 0.482 e. The van der Waals surface area contributed by atoms with Crippen LogP contribution in [0.1, 0.15) is 29.5 Å². The minimum absolute atomic E-state index is 0.251. The molecule has 0 radical (unpaired) electrons. The first-order valence-corrected chi connectivity index (χ1v) is 19.7. The van der Waals surface area contributed by atoms with E-state index >= 15 is 0 Å². The molecule has 3 heterocycles. The number of benzene rings is 3. The van der Waals surface area contributed by atoms with Crippen molar-refractivity contribution in [2.24, 2.45) is 0 Å². The Balaban J connectivity index is 1.12. The monoisotopic (exact) mass is 782 g/mol.